The summed E-state index contributed by atoms with van der Waals surface area (Å²) in [7, 11) is 1.74. The summed E-state index contributed by atoms with van der Waals surface area (Å²) in [6, 6.07) is 15.3. The van der Waals surface area contributed by atoms with Crippen LogP contribution >= 0.6 is 0 Å². The van der Waals surface area contributed by atoms with Crippen molar-refractivity contribution in [1.82, 2.24) is 15.0 Å². The fraction of sp³-hybridized carbons (Fsp3) is 0.208. The maximum Gasteiger partial charge on any atom is 0.259 e. The molecule has 31 heavy (non-hydrogen) atoms. The van der Waals surface area contributed by atoms with Crippen molar-refractivity contribution >= 4 is 17.0 Å². The maximum absolute atomic E-state index is 13.4. The van der Waals surface area contributed by atoms with Crippen LogP contribution in [-0.2, 0) is 6.54 Å². The third kappa shape index (κ3) is 4.26. The first-order chi connectivity index (χ1) is 15.0. The van der Waals surface area contributed by atoms with Crippen LogP contribution in [0, 0.1) is 12.7 Å². The highest BCUT2D eigenvalue weighted by atomic mass is 19.1. The van der Waals surface area contributed by atoms with E-state index in [0.717, 1.165) is 11.3 Å². The molecule has 158 valence electrons. The van der Waals surface area contributed by atoms with E-state index in [1.165, 1.54) is 12.1 Å². The molecule has 4 rings (SSSR count). The molecule has 0 fully saturated rings. The van der Waals surface area contributed by atoms with E-state index in [0.29, 0.717) is 41.1 Å². The van der Waals surface area contributed by atoms with Crippen LogP contribution in [0.5, 0.6) is 5.75 Å². The summed E-state index contributed by atoms with van der Waals surface area (Å²) in [6.45, 7) is 4.73. The molecule has 4 aromatic rings. The number of carbonyl (C=O) groups is 1. The number of pyridine rings is 1. The summed E-state index contributed by atoms with van der Waals surface area (Å²) >= 11 is 0. The minimum absolute atomic E-state index is 0.184. The number of ether oxygens (including phenoxy) is 1. The lowest BCUT2D eigenvalue weighted by Crippen LogP contribution is -2.26. The minimum atomic E-state index is -0.341. The normalized spacial score (nSPS) is 11.0. The first kappa shape index (κ1) is 20.5. The van der Waals surface area contributed by atoms with Gasteiger partial charge in [0.05, 0.1) is 28.9 Å². The fourth-order valence-electron chi connectivity index (χ4n) is 3.44. The number of benzene rings is 2. The van der Waals surface area contributed by atoms with Gasteiger partial charge in [-0.2, -0.15) is 0 Å². The van der Waals surface area contributed by atoms with Crippen LogP contribution in [0.3, 0.4) is 0 Å². The standard InChI is InChI=1S/C24H22FN3O3/c1-4-30-19-11-5-16(6-12-19)14-28(3)24(29)20-13-21(17-7-9-18(25)10-8-17)26-23-22(20)15(2)27-31-23/h5-13H,4,14H2,1-3H3. The quantitative estimate of drug-likeness (QED) is 0.440. The fourth-order valence-corrected chi connectivity index (χ4v) is 3.44. The number of fused-ring (bicyclic) bond motifs is 1. The van der Waals surface area contributed by atoms with E-state index in [4.69, 9.17) is 9.26 Å². The summed E-state index contributed by atoms with van der Waals surface area (Å²) in [4.78, 5) is 19.5. The predicted octanol–water partition coefficient (Wildman–Crippen LogP) is 5.01. The SMILES string of the molecule is CCOc1ccc(CN(C)C(=O)c2cc(-c3ccc(F)cc3)nc3onc(C)c23)cc1. The molecule has 6 nitrogen and oxygen atoms in total. The van der Waals surface area contributed by atoms with Crippen LogP contribution < -0.4 is 4.74 Å². The number of nitrogens with zero attached hydrogens (tertiary/aromatic N) is 3. The zero-order valence-electron chi connectivity index (χ0n) is 17.6. The number of hydrogen-bond donors (Lipinski definition) is 0. The molecule has 0 aliphatic heterocycles. The van der Waals surface area contributed by atoms with Gasteiger partial charge < -0.3 is 14.2 Å². The van der Waals surface area contributed by atoms with E-state index in [2.05, 4.69) is 10.1 Å². The minimum Gasteiger partial charge on any atom is -0.494 e. The molecule has 0 spiro atoms. The molecule has 2 heterocycles. The van der Waals surface area contributed by atoms with Crippen molar-refractivity contribution in [3.63, 3.8) is 0 Å². The molecule has 0 aliphatic rings. The molecule has 0 saturated heterocycles. The van der Waals surface area contributed by atoms with Gasteiger partial charge in [0, 0.05) is 19.2 Å². The van der Waals surface area contributed by atoms with Gasteiger partial charge in [0.15, 0.2) is 0 Å². The molecular weight excluding hydrogens is 397 g/mol. The van der Waals surface area contributed by atoms with Crippen molar-refractivity contribution in [3.05, 3.63) is 77.2 Å². The Morgan fingerprint density at radius 3 is 2.52 bits per heavy atom. The average Bonchev–Trinajstić information content (AvgIpc) is 3.15. The summed E-state index contributed by atoms with van der Waals surface area (Å²) in [5.74, 6) is 0.266. The van der Waals surface area contributed by atoms with Gasteiger partial charge in [-0.25, -0.2) is 9.37 Å². The monoisotopic (exact) mass is 419 g/mol. The molecule has 0 radical (unpaired) electrons. The Hall–Kier alpha value is -3.74. The highest BCUT2D eigenvalue weighted by Gasteiger charge is 2.22. The van der Waals surface area contributed by atoms with E-state index in [1.807, 2.05) is 31.2 Å². The second-order valence-electron chi connectivity index (χ2n) is 7.25. The Labute approximate surface area is 179 Å². The van der Waals surface area contributed by atoms with Gasteiger partial charge in [-0.1, -0.05) is 17.3 Å². The van der Waals surface area contributed by atoms with Crippen LogP contribution in [0.15, 0.2) is 59.1 Å². The molecule has 0 bridgehead atoms. The highest BCUT2D eigenvalue weighted by Crippen LogP contribution is 2.28. The van der Waals surface area contributed by atoms with E-state index in [1.54, 1.807) is 37.1 Å². The predicted molar refractivity (Wildman–Crippen MR) is 115 cm³/mol. The van der Waals surface area contributed by atoms with Crippen LogP contribution in [-0.4, -0.2) is 34.6 Å². The molecule has 2 aromatic carbocycles. The number of aromatic nitrogens is 2. The van der Waals surface area contributed by atoms with E-state index in [-0.39, 0.29) is 17.4 Å². The van der Waals surface area contributed by atoms with Crippen LogP contribution in [0.4, 0.5) is 4.39 Å². The largest absolute Gasteiger partial charge is 0.494 e. The van der Waals surface area contributed by atoms with Crippen molar-refractivity contribution in [2.45, 2.75) is 20.4 Å². The number of carbonyl (C=O) groups excluding carboxylic acids is 1. The number of aryl methyl sites for hydroxylation is 1. The van der Waals surface area contributed by atoms with Crippen molar-refractivity contribution in [3.8, 4) is 17.0 Å². The Balaban J connectivity index is 1.67. The van der Waals surface area contributed by atoms with Gasteiger partial charge in [-0.05, 0) is 61.9 Å². The van der Waals surface area contributed by atoms with Gasteiger partial charge in [-0.15, -0.1) is 0 Å². The van der Waals surface area contributed by atoms with Gasteiger partial charge in [0.25, 0.3) is 11.6 Å². The van der Waals surface area contributed by atoms with E-state index < -0.39 is 0 Å². The van der Waals surface area contributed by atoms with Crippen LogP contribution in [0.25, 0.3) is 22.4 Å². The molecule has 0 aliphatic carbocycles. The third-order valence-electron chi connectivity index (χ3n) is 4.99. The Kier molecular flexibility index (Phi) is 5.66. The molecule has 0 unspecified atom stereocenters. The summed E-state index contributed by atoms with van der Waals surface area (Å²) in [5.41, 5.74) is 3.48. The second-order valence-corrected chi connectivity index (χ2v) is 7.25. The van der Waals surface area contributed by atoms with Crippen molar-refractivity contribution in [2.75, 3.05) is 13.7 Å². The molecule has 0 atom stereocenters. The molecule has 0 saturated carbocycles. The van der Waals surface area contributed by atoms with Crippen molar-refractivity contribution < 1.29 is 18.4 Å². The second kappa shape index (κ2) is 8.55. The van der Waals surface area contributed by atoms with E-state index in [9.17, 15) is 9.18 Å². The van der Waals surface area contributed by atoms with Crippen molar-refractivity contribution in [1.29, 1.82) is 0 Å². The molecule has 2 aromatic heterocycles. The van der Waals surface area contributed by atoms with Crippen LogP contribution in [0.2, 0.25) is 0 Å². The molecule has 0 N–H and O–H groups in total. The summed E-state index contributed by atoms with van der Waals surface area (Å²) in [6.07, 6.45) is 0. The van der Waals surface area contributed by atoms with Gasteiger partial charge in [0.2, 0.25) is 0 Å². The maximum atomic E-state index is 13.4. The smallest absolute Gasteiger partial charge is 0.259 e. The zero-order valence-corrected chi connectivity index (χ0v) is 17.6. The lowest BCUT2D eigenvalue weighted by Gasteiger charge is -2.18. The Morgan fingerprint density at radius 2 is 1.84 bits per heavy atom. The third-order valence-corrected chi connectivity index (χ3v) is 4.99. The molecule has 7 heteroatoms. The zero-order chi connectivity index (χ0) is 22.0. The average molecular weight is 419 g/mol. The lowest BCUT2D eigenvalue weighted by molar-refractivity contribution is 0.0787. The van der Waals surface area contributed by atoms with Crippen LogP contribution in [0.1, 0.15) is 28.5 Å². The number of rotatable bonds is 6. The topological polar surface area (TPSA) is 68.5 Å². The Morgan fingerprint density at radius 1 is 1.13 bits per heavy atom. The number of amides is 1. The Bertz CT molecular complexity index is 1220. The summed E-state index contributed by atoms with van der Waals surface area (Å²) < 4.78 is 24.1. The summed E-state index contributed by atoms with van der Waals surface area (Å²) in [5, 5.41) is 4.55. The first-order valence-electron chi connectivity index (χ1n) is 9.96. The van der Waals surface area contributed by atoms with Gasteiger partial charge >= 0.3 is 0 Å². The lowest BCUT2D eigenvalue weighted by atomic mass is 10.0. The van der Waals surface area contributed by atoms with Crippen molar-refractivity contribution in [2.24, 2.45) is 0 Å². The van der Waals surface area contributed by atoms with Gasteiger partial charge in [-0.3, -0.25) is 4.79 Å². The first-order valence-corrected chi connectivity index (χ1v) is 9.96. The highest BCUT2D eigenvalue weighted by molar-refractivity contribution is 6.06. The van der Waals surface area contributed by atoms with Gasteiger partial charge in [0.1, 0.15) is 11.6 Å². The molecule has 1 amide bonds. The number of halogens is 1. The molecular formula is C24H22FN3O3. The van der Waals surface area contributed by atoms with E-state index >= 15 is 0 Å². The number of hydrogen-bond acceptors (Lipinski definition) is 5.